The lowest BCUT2D eigenvalue weighted by atomic mass is 9.99. The molecule has 0 spiro atoms. The van der Waals surface area contributed by atoms with Crippen LogP contribution in [0.1, 0.15) is 38.6 Å². The number of rotatable bonds is 5. The smallest absolute Gasteiger partial charge is 0.141 e. The van der Waals surface area contributed by atoms with E-state index in [1.807, 2.05) is 7.05 Å². The van der Waals surface area contributed by atoms with Crippen molar-refractivity contribution in [3.8, 4) is 0 Å². The van der Waals surface area contributed by atoms with Gasteiger partial charge in [0, 0.05) is 0 Å². The van der Waals surface area contributed by atoms with Gasteiger partial charge in [-0.05, 0) is 19.4 Å². The van der Waals surface area contributed by atoms with E-state index in [2.05, 4.69) is 34.3 Å². The van der Waals surface area contributed by atoms with Crippen molar-refractivity contribution >= 4 is 0 Å². The summed E-state index contributed by atoms with van der Waals surface area (Å²) in [5.41, 5.74) is 0. The molecule has 4 heteroatoms. The molecule has 0 aromatic carbocycles. The van der Waals surface area contributed by atoms with Gasteiger partial charge in [0.2, 0.25) is 0 Å². The van der Waals surface area contributed by atoms with Crippen LogP contribution in [-0.4, -0.2) is 22.2 Å². The number of nitrogens with one attached hydrogen (secondary N) is 2. The molecule has 1 aromatic rings. The van der Waals surface area contributed by atoms with Gasteiger partial charge in [0.15, 0.2) is 0 Å². The molecule has 4 nitrogen and oxygen atoms in total. The molecule has 74 valence electrons. The lowest BCUT2D eigenvalue weighted by Crippen LogP contribution is -2.20. The molecule has 0 radical (unpaired) electrons. The standard InChI is InChI=1S/C9H18N4/c1-4-7(2)5-8(10-3)9-11-6-12-13-9/h6-8,10H,4-5H2,1-3H3,(H,11,12,13). The average Bonchev–Trinajstić information content (AvgIpc) is 2.66. The maximum absolute atomic E-state index is 4.15. The summed E-state index contributed by atoms with van der Waals surface area (Å²) in [5, 5.41) is 9.98. The summed E-state index contributed by atoms with van der Waals surface area (Å²) >= 11 is 0. The molecule has 2 atom stereocenters. The summed E-state index contributed by atoms with van der Waals surface area (Å²) in [5.74, 6) is 1.64. The van der Waals surface area contributed by atoms with Crippen LogP contribution in [0.5, 0.6) is 0 Å². The highest BCUT2D eigenvalue weighted by molar-refractivity contribution is 4.91. The van der Waals surface area contributed by atoms with Crippen LogP contribution in [0.25, 0.3) is 0 Å². The van der Waals surface area contributed by atoms with Crippen LogP contribution >= 0.6 is 0 Å². The van der Waals surface area contributed by atoms with Crippen molar-refractivity contribution in [1.29, 1.82) is 0 Å². The molecule has 1 heterocycles. The van der Waals surface area contributed by atoms with Crippen LogP contribution in [0, 0.1) is 5.92 Å². The molecule has 1 rings (SSSR count). The van der Waals surface area contributed by atoms with Gasteiger partial charge in [-0.15, -0.1) is 0 Å². The van der Waals surface area contributed by atoms with Crippen molar-refractivity contribution in [1.82, 2.24) is 20.5 Å². The lowest BCUT2D eigenvalue weighted by molar-refractivity contribution is 0.409. The summed E-state index contributed by atoms with van der Waals surface area (Å²) in [7, 11) is 1.95. The molecular weight excluding hydrogens is 164 g/mol. The van der Waals surface area contributed by atoms with E-state index in [-0.39, 0.29) is 0 Å². The topological polar surface area (TPSA) is 53.6 Å². The minimum atomic E-state index is 0.303. The zero-order valence-electron chi connectivity index (χ0n) is 8.54. The fraction of sp³-hybridized carbons (Fsp3) is 0.778. The predicted molar refractivity (Wildman–Crippen MR) is 52.3 cm³/mol. The summed E-state index contributed by atoms with van der Waals surface area (Å²) < 4.78 is 0. The van der Waals surface area contributed by atoms with E-state index in [0.717, 1.165) is 12.2 Å². The first kappa shape index (κ1) is 10.2. The van der Waals surface area contributed by atoms with Gasteiger partial charge in [-0.3, -0.25) is 5.10 Å². The van der Waals surface area contributed by atoms with Gasteiger partial charge < -0.3 is 5.32 Å². The Morgan fingerprint density at radius 2 is 2.38 bits per heavy atom. The van der Waals surface area contributed by atoms with E-state index in [0.29, 0.717) is 12.0 Å². The Morgan fingerprint density at radius 1 is 1.62 bits per heavy atom. The largest absolute Gasteiger partial charge is 0.310 e. The van der Waals surface area contributed by atoms with Crippen molar-refractivity contribution < 1.29 is 0 Å². The van der Waals surface area contributed by atoms with E-state index < -0.39 is 0 Å². The second kappa shape index (κ2) is 4.97. The first-order chi connectivity index (χ1) is 6.27. The Balaban J connectivity index is 2.53. The Kier molecular flexibility index (Phi) is 3.89. The number of H-pyrrole nitrogens is 1. The maximum Gasteiger partial charge on any atom is 0.141 e. The van der Waals surface area contributed by atoms with Crippen LogP contribution in [0.3, 0.4) is 0 Å². The number of hydrogen-bond donors (Lipinski definition) is 2. The van der Waals surface area contributed by atoms with Gasteiger partial charge in [0.25, 0.3) is 0 Å². The Labute approximate surface area is 79.2 Å². The molecule has 0 saturated heterocycles. The predicted octanol–water partition coefficient (Wildman–Crippen LogP) is 1.50. The molecule has 0 fully saturated rings. The van der Waals surface area contributed by atoms with Crippen LogP contribution in [-0.2, 0) is 0 Å². The van der Waals surface area contributed by atoms with Crippen molar-refractivity contribution in [2.45, 2.75) is 32.7 Å². The zero-order valence-corrected chi connectivity index (χ0v) is 8.54. The SMILES string of the molecule is CCC(C)CC(NC)c1ncn[nH]1. The third-order valence-corrected chi connectivity index (χ3v) is 2.45. The van der Waals surface area contributed by atoms with E-state index in [4.69, 9.17) is 0 Å². The highest BCUT2D eigenvalue weighted by atomic mass is 15.2. The summed E-state index contributed by atoms with van der Waals surface area (Å²) in [6, 6.07) is 0.303. The second-order valence-electron chi connectivity index (χ2n) is 3.46. The van der Waals surface area contributed by atoms with Gasteiger partial charge >= 0.3 is 0 Å². The highest BCUT2D eigenvalue weighted by Gasteiger charge is 2.14. The van der Waals surface area contributed by atoms with E-state index in [1.165, 1.54) is 6.42 Å². The second-order valence-corrected chi connectivity index (χ2v) is 3.46. The van der Waals surface area contributed by atoms with Crippen LogP contribution in [0.15, 0.2) is 6.33 Å². The minimum Gasteiger partial charge on any atom is -0.310 e. The van der Waals surface area contributed by atoms with E-state index in [1.54, 1.807) is 6.33 Å². The lowest BCUT2D eigenvalue weighted by Gasteiger charge is -2.16. The van der Waals surface area contributed by atoms with Crippen molar-refractivity contribution in [2.24, 2.45) is 5.92 Å². The van der Waals surface area contributed by atoms with Gasteiger partial charge in [-0.1, -0.05) is 20.3 Å². The highest BCUT2D eigenvalue weighted by Crippen LogP contribution is 2.18. The zero-order chi connectivity index (χ0) is 9.68. The van der Waals surface area contributed by atoms with E-state index in [9.17, 15) is 0 Å². The minimum absolute atomic E-state index is 0.303. The third kappa shape index (κ3) is 2.81. The molecular formula is C9H18N4. The normalized spacial score (nSPS) is 15.6. The molecule has 0 aliphatic rings. The van der Waals surface area contributed by atoms with Gasteiger partial charge in [0.05, 0.1) is 6.04 Å². The Morgan fingerprint density at radius 3 is 2.85 bits per heavy atom. The van der Waals surface area contributed by atoms with Crippen LogP contribution in [0.2, 0.25) is 0 Å². The fourth-order valence-corrected chi connectivity index (χ4v) is 1.32. The molecule has 0 aliphatic heterocycles. The summed E-state index contributed by atoms with van der Waals surface area (Å²) in [4.78, 5) is 4.15. The average molecular weight is 182 g/mol. The van der Waals surface area contributed by atoms with E-state index >= 15 is 0 Å². The number of nitrogens with zero attached hydrogens (tertiary/aromatic N) is 2. The van der Waals surface area contributed by atoms with Gasteiger partial charge in [-0.25, -0.2) is 4.98 Å². The van der Waals surface area contributed by atoms with Crippen molar-refractivity contribution in [2.75, 3.05) is 7.05 Å². The molecule has 0 bridgehead atoms. The molecule has 2 unspecified atom stereocenters. The molecule has 0 amide bonds. The molecule has 2 N–H and O–H groups in total. The molecule has 0 aliphatic carbocycles. The quantitative estimate of drug-likeness (QED) is 0.725. The van der Waals surface area contributed by atoms with Gasteiger partial charge in [0.1, 0.15) is 12.2 Å². The van der Waals surface area contributed by atoms with Crippen LogP contribution in [0.4, 0.5) is 0 Å². The number of aromatic amines is 1. The van der Waals surface area contributed by atoms with Crippen LogP contribution < -0.4 is 5.32 Å². The maximum atomic E-state index is 4.15. The molecule has 13 heavy (non-hydrogen) atoms. The Hall–Kier alpha value is -0.900. The monoisotopic (exact) mass is 182 g/mol. The number of hydrogen-bond acceptors (Lipinski definition) is 3. The number of aromatic nitrogens is 3. The molecule has 1 aromatic heterocycles. The van der Waals surface area contributed by atoms with Gasteiger partial charge in [-0.2, -0.15) is 5.10 Å². The first-order valence-corrected chi connectivity index (χ1v) is 4.80. The summed E-state index contributed by atoms with van der Waals surface area (Å²) in [6.07, 6.45) is 3.85. The fourth-order valence-electron chi connectivity index (χ4n) is 1.32. The first-order valence-electron chi connectivity index (χ1n) is 4.80. The van der Waals surface area contributed by atoms with Crippen molar-refractivity contribution in [3.63, 3.8) is 0 Å². The third-order valence-electron chi connectivity index (χ3n) is 2.45. The molecule has 0 saturated carbocycles. The summed E-state index contributed by atoms with van der Waals surface area (Å²) in [6.45, 7) is 4.46. The van der Waals surface area contributed by atoms with Crippen molar-refractivity contribution in [3.05, 3.63) is 12.2 Å². The Bertz CT molecular complexity index is 220.